The summed E-state index contributed by atoms with van der Waals surface area (Å²) in [6.45, 7) is 9.05. The van der Waals surface area contributed by atoms with Crippen LogP contribution in [0.3, 0.4) is 0 Å². The largest absolute Gasteiger partial charge is 0.496 e. The molecule has 1 saturated heterocycles. The van der Waals surface area contributed by atoms with Crippen LogP contribution in [0, 0.1) is 19.8 Å². The number of fused-ring (bicyclic) bond motifs is 1. The number of piperidine rings is 1. The number of esters is 1. The second-order valence-corrected chi connectivity index (χ2v) is 7.53. The highest BCUT2D eigenvalue weighted by Gasteiger charge is 2.28. The van der Waals surface area contributed by atoms with E-state index in [-0.39, 0.29) is 17.8 Å². The number of methoxy groups -OCH3 is 1. The molecule has 1 aromatic carbocycles. The Kier molecular flexibility index (Phi) is 6.30. The quantitative estimate of drug-likeness (QED) is 0.555. The summed E-state index contributed by atoms with van der Waals surface area (Å²) in [7, 11) is 1.61. The zero-order valence-corrected chi connectivity index (χ0v) is 17.8. The molecule has 1 aliphatic heterocycles. The summed E-state index contributed by atoms with van der Waals surface area (Å²) in [6, 6.07) is 3.88. The number of rotatable bonds is 5. The predicted octanol–water partition coefficient (Wildman–Crippen LogP) is 4.26. The Bertz CT molecular complexity index is 956. The van der Waals surface area contributed by atoms with Crippen molar-refractivity contribution in [1.82, 2.24) is 4.90 Å². The van der Waals surface area contributed by atoms with E-state index in [0.29, 0.717) is 25.4 Å². The first-order valence-electron chi connectivity index (χ1n) is 10.1. The second kappa shape index (κ2) is 8.72. The minimum Gasteiger partial charge on any atom is -0.496 e. The van der Waals surface area contributed by atoms with E-state index in [9.17, 15) is 9.59 Å². The van der Waals surface area contributed by atoms with Crippen molar-refractivity contribution in [1.29, 1.82) is 0 Å². The molecule has 0 aliphatic carbocycles. The first kappa shape index (κ1) is 21.0. The third-order valence-electron chi connectivity index (χ3n) is 5.61. The Morgan fingerprint density at radius 3 is 2.76 bits per heavy atom. The highest BCUT2D eigenvalue weighted by molar-refractivity contribution is 5.97. The highest BCUT2D eigenvalue weighted by Crippen LogP contribution is 2.35. The molecule has 6 nitrogen and oxygen atoms in total. The molecular formula is C23H29NO5. The molecule has 2 aromatic rings. The number of carbonyl (C=O) groups excluding carboxylic acids is 2. The van der Waals surface area contributed by atoms with Gasteiger partial charge in [-0.3, -0.25) is 9.59 Å². The van der Waals surface area contributed by atoms with E-state index in [0.717, 1.165) is 46.3 Å². The van der Waals surface area contributed by atoms with Gasteiger partial charge in [-0.1, -0.05) is 0 Å². The molecule has 2 heterocycles. The zero-order chi connectivity index (χ0) is 21.1. The van der Waals surface area contributed by atoms with E-state index in [4.69, 9.17) is 13.9 Å². The van der Waals surface area contributed by atoms with Crippen LogP contribution >= 0.6 is 0 Å². The number of hydrogen-bond donors (Lipinski definition) is 0. The minimum absolute atomic E-state index is 0.0984. The standard InChI is InChI=1S/C23H29NO5/c1-6-28-23(26)17-8-7-9-24(13-17)22(25)10-14(2)18-11-19-15(3)16(4)29-21(19)12-20(18)27-5/h10-12,17H,6-9,13H2,1-5H3/b14-10+. The van der Waals surface area contributed by atoms with Crippen LogP contribution in [-0.4, -0.2) is 43.6 Å². The van der Waals surface area contributed by atoms with Crippen molar-refractivity contribution in [2.45, 2.75) is 40.5 Å². The van der Waals surface area contributed by atoms with Crippen molar-refractivity contribution in [3.63, 3.8) is 0 Å². The summed E-state index contributed by atoms with van der Waals surface area (Å²) in [4.78, 5) is 26.7. The molecule has 1 unspecified atom stereocenters. The lowest BCUT2D eigenvalue weighted by molar-refractivity contribution is -0.150. The number of furan rings is 1. The minimum atomic E-state index is -0.246. The fourth-order valence-electron chi connectivity index (χ4n) is 3.83. The van der Waals surface area contributed by atoms with Gasteiger partial charge in [-0.2, -0.15) is 0 Å². The first-order chi connectivity index (χ1) is 13.8. The van der Waals surface area contributed by atoms with E-state index in [1.807, 2.05) is 32.9 Å². The molecule has 0 bridgehead atoms. The van der Waals surface area contributed by atoms with Gasteiger partial charge in [0, 0.05) is 36.2 Å². The van der Waals surface area contributed by atoms with Crippen molar-refractivity contribution >= 4 is 28.4 Å². The molecule has 0 saturated carbocycles. The predicted molar refractivity (Wildman–Crippen MR) is 112 cm³/mol. The topological polar surface area (TPSA) is 69.0 Å². The van der Waals surface area contributed by atoms with Gasteiger partial charge in [0.2, 0.25) is 5.91 Å². The molecule has 29 heavy (non-hydrogen) atoms. The van der Waals surface area contributed by atoms with Gasteiger partial charge in [0.15, 0.2) is 0 Å². The van der Waals surface area contributed by atoms with E-state index in [1.54, 1.807) is 25.0 Å². The maximum Gasteiger partial charge on any atom is 0.310 e. The van der Waals surface area contributed by atoms with Crippen LogP contribution in [0.4, 0.5) is 0 Å². The summed E-state index contributed by atoms with van der Waals surface area (Å²) < 4.78 is 16.5. The zero-order valence-electron chi connectivity index (χ0n) is 17.8. The molecule has 1 fully saturated rings. The SMILES string of the molecule is CCOC(=O)C1CCCN(C(=O)/C=C(\C)c2cc3c(C)c(C)oc3cc2OC)C1. The van der Waals surface area contributed by atoms with E-state index in [1.165, 1.54) is 0 Å². The molecule has 3 rings (SSSR count). The van der Waals surface area contributed by atoms with Crippen molar-refractivity contribution < 1.29 is 23.5 Å². The van der Waals surface area contributed by atoms with Crippen LogP contribution in [-0.2, 0) is 14.3 Å². The van der Waals surface area contributed by atoms with Crippen molar-refractivity contribution in [3.8, 4) is 5.75 Å². The average Bonchev–Trinajstić information content (AvgIpc) is 3.00. The lowest BCUT2D eigenvalue weighted by Gasteiger charge is -2.31. The molecule has 6 heteroatoms. The van der Waals surface area contributed by atoms with E-state index < -0.39 is 0 Å². The van der Waals surface area contributed by atoms with Gasteiger partial charge in [0.25, 0.3) is 0 Å². The number of carbonyl (C=O) groups is 2. The number of hydrogen-bond acceptors (Lipinski definition) is 5. The van der Waals surface area contributed by atoms with E-state index in [2.05, 4.69) is 0 Å². The van der Waals surface area contributed by atoms with Gasteiger partial charge < -0.3 is 18.8 Å². The molecule has 1 atom stereocenters. The summed E-state index contributed by atoms with van der Waals surface area (Å²) >= 11 is 0. The Hall–Kier alpha value is -2.76. The third kappa shape index (κ3) is 4.31. The monoisotopic (exact) mass is 399 g/mol. The molecule has 0 N–H and O–H groups in total. The number of nitrogens with zero attached hydrogens (tertiary/aromatic N) is 1. The van der Waals surface area contributed by atoms with Crippen LogP contribution in [0.1, 0.15) is 43.6 Å². The van der Waals surface area contributed by atoms with Gasteiger partial charge in [-0.25, -0.2) is 0 Å². The van der Waals surface area contributed by atoms with E-state index >= 15 is 0 Å². The number of aryl methyl sites for hydroxylation is 2. The molecule has 0 radical (unpaired) electrons. The molecule has 1 amide bonds. The molecule has 1 aromatic heterocycles. The maximum atomic E-state index is 12.9. The lowest BCUT2D eigenvalue weighted by atomic mass is 9.97. The van der Waals surface area contributed by atoms with Crippen LogP contribution in [0.2, 0.25) is 0 Å². The van der Waals surface area contributed by atoms with Crippen molar-refractivity contribution in [3.05, 3.63) is 35.1 Å². The fourth-order valence-corrected chi connectivity index (χ4v) is 3.83. The van der Waals surface area contributed by atoms with Crippen LogP contribution in [0.5, 0.6) is 5.75 Å². The molecule has 1 aliphatic rings. The molecular weight excluding hydrogens is 370 g/mol. The normalized spacial score (nSPS) is 17.5. The van der Waals surface area contributed by atoms with Gasteiger partial charge in [-0.05, 0) is 57.7 Å². The number of allylic oxidation sites excluding steroid dienone is 1. The summed E-state index contributed by atoms with van der Waals surface area (Å²) in [5.74, 6) is 0.970. The van der Waals surface area contributed by atoms with Crippen molar-refractivity contribution in [2.24, 2.45) is 5.92 Å². The summed E-state index contributed by atoms with van der Waals surface area (Å²) in [5.41, 5.74) is 3.52. The Balaban J connectivity index is 1.85. The maximum absolute atomic E-state index is 12.9. The third-order valence-corrected chi connectivity index (χ3v) is 5.61. The first-order valence-corrected chi connectivity index (χ1v) is 10.1. The number of benzene rings is 1. The van der Waals surface area contributed by atoms with Crippen LogP contribution in [0.25, 0.3) is 16.5 Å². The van der Waals surface area contributed by atoms with Crippen LogP contribution in [0.15, 0.2) is 22.6 Å². The highest BCUT2D eigenvalue weighted by atomic mass is 16.5. The number of amides is 1. The number of ether oxygens (including phenoxy) is 2. The molecule has 0 spiro atoms. The Morgan fingerprint density at radius 1 is 1.31 bits per heavy atom. The second-order valence-electron chi connectivity index (χ2n) is 7.53. The average molecular weight is 399 g/mol. The smallest absolute Gasteiger partial charge is 0.310 e. The summed E-state index contributed by atoms with van der Waals surface area (Å²) in [5, 5.41) is 1.01. The molecule has 156 valence electrons. The van der Waals surface area contributed by atoms with Gasteiger partial charge in [-0.15, -0.1) is 0 Å². The van der Waals surface area contributed by atoms with Crippen molar-refractivity contribution in [2.75, 3.05) is 26.8 Å². The fraction of sp³-hybridized carbons (Fsp3) is 0.478. The lowest BCUT2D eigenvalue weighted by Crippen LogP contribution is -2.42. The van der Waals surface area contributed by atoms with Gasteiger partial charge >= 0.3 is 5.97 Å². The Labute approximate surface area is 171 Å². The van der Waals surface area contributed by atoms with Gasteiger partial charge in [0.1, 0.15) is 17.1 Å². The summed E-state index contributed by atoms with van der Waals surface area (Å²) in [6.07, 6.45) is 3.18. The van der Waals surface area contributed by atoms with Crippen LogP contribution < -0.4 is 4.74 Å². The van der Waals surface area contributed by atoms with Gasteiger partial charge in [0.05, 0.1) is 19.6 Å². The Morgan fingerprint density at radius 2 is 2.07 bits per heavy atom. The number of likely N-dealkylation sites (tertiary alicyclic amines) is 1.